The highest BCUT2D eigenvalue weighted by atomic mass is 79.9. The third-order valence-electron chi connectivity index (χ3n) is 2.72. The minimum absolute atomic E-state index is 0.293. The number of halogens is 2. The summed E-state index contributed by atoms with van der Waals surface area (Å²) in [4.78, 5) is 4.14. The highest BCUT2D eigenvalue weighted by molar-refractivity contribution is 9.10. The first-order valence-corrected chi connectivity index (χ1v) is 7.28. The number of hydrogen-bond acceptors (Lipinski definition) is 4. The molecular formula is C12H14Br2N4O. The molecule has 2 N–H and O–H groups in total. The molecule has 0 amide bonds. The number of methoxy groups -OCH3 is 1. The first-order chi connectivity index (χ1) is 9.13. The van der Waals surface area contributed by atoms with Crippen LogP contribution < -0.4 is 5.73 Å². The summed E-state index contributed by atoms with van der Waals surface area (Å²) < 4.78 is 8.71. The van der Waals surface area contributed by atoms with E-state index in [0.29, 0.717) is 13.2 Å². The third kappa shape index (κ3) is 3.42. The first-order valence-electron chi connectivity index (χ1n) is 5.69. The zero-order valence-corrected chi connectivity index (χ0v) is 13.6. The van der Waals surface area contributed by atoms with Gasteiger partial charge < -0.3 is 10.5 Å². The van der Waals surface area contributed by atoms with Gasteiger partial charge in [0.25, 0.3) is 0 Å². The standard InChI is InChI=1S/C12H14Br2N4O/c1-19-3-2-18-12(10(14)7-17-18)11(15)8-4-9(13)6-16-5-8/h4-7,11H,2-3,15H2,1H3. The van der Waals surface area contributed by atoms with Crippen molar-refractivity contribution >= 4 is 31.9 Å². The van der Waals surface area contributed by atoms with Gasteiger partial charge in [-0.1, -0.05) is 0 Å². The molecule has 5 nitrogen and oxygen atoms in total. The highest BCUT2D eigenvalue weighted by Crippen LogP contribution is 2.27. The normalized spacial score (nSPS) is 12.6. The van der Waals surface area contributed by atoms with Crippen molar-refractivity contribution in [3.05, 3.63) is 44.9 Å². The van der Waals surface area contributed by atoms with E-state index >= 15 is 0 Å². The van der Waals surface area contributed by atoms with Crippen LogP contribution in [0.5, 0.6) is 0 Å². The first kappa shape index (κ1) is 14.6. The van der Waals surface area contributed by atoms with Gasteiger partial charge in [0.15, 0.2) is 0 Å². The molecule has 2 aromatic heterocycles. The van der Waals surface area contributed by atoms with E-state index in [1.165, 1.54) is 0 Å². The molecule has 102 valence electrons. The molecule has 0 saturated heterocycles. The average Bonchev–Trinajstić information content (AvgIpc) is 2.76. The maximum absolute atomic E-state index is 6.31. The summed E-state index contributed by atoms with van der Waals surface area (Å²) in [6.45, 7) is 1.25. The van der Waals surface area contributed by atoms with Gasteiger partial charge >= 0.3 is 0 Å². The molecule has 19 heavy (non-hydrogen) atoms. The molecule has 2 rings (SSSR count). The SMILES string of the molecule is COCCn1ncc(Br)c1C(N)c1cncc(Br)c1. The Hall–Kier alpha value is -0.760. The number of nitrogens with two attached hydrogens (primary N) is 1. The van der Waals surface area contributed by atoms with Crippen LogP contribution in [0.2, 0.25) is 0 Å². The summed E-state index contributed by atoms with van der Waals surface area (Å²) in [6.07, 6.45) is 5.24. The van der Waals surface area contributed by atoms with Crippen LogP contribution in [0, 0.1) is 0 Å². The number of rotatable bonds is 5. The van der Waals surface area contributed by atoms with Crippen LogP contribution in [0.4, 0.5) is 0 Å². The topological polar surface area (TPSA) is 66.0 Å². The maximum atomic E-state index is 6.31. The molecule has 0 aliphatic carbocycles. The van der Waals surface area contributed by atoms with E-state index in [2.05, 4.69) is 41.9 Å². The van der Waals surface area contributed by atoms with E-state index in [-0.39, 0.29) is 6.04 Å². The van der Waals surface area contributed by atoms with Crippen LogP contribution in [-0.2, 0) is 11.3 Å². The van der Waals surface area contributed by atoms with Gasteiger partial charge in [0, 0.05) is 24.0 Å². The molecule has 0 radical (unpaired) electrons. The maximum Gasteiger partial charge on any atom is 0.0750 e. The number of aromatic nitrogens is 3. The molecule has 0 aliphatic rings. The van der Waals surface area contributed by atoms with E-state index in [1.54, 1.807) is 25.7 Å². The van der Waals surface area contributed by atoms with Crippen molar-refractivity contribution in [2.24, 2.45) is 5.73 Å². The van der Waals surface area contributed by atoms with Crippen LogP contribution in [0.25, 0.3) is 0 Å². The lowest BCUT2D eigenvalue weighted by molar-refractivity contribution is 0.182. The van der Waals surface area contributed by atoms with Crippen LogP contribution in [-0.4, -0.2) is 28.5 Å². The monoisotopic (exact) mass is 388 g/mol. The number of nitrogens with zero attached hydrogens (tertiary/aromatic N) is 3. The third-order valence-corrected chi connectivity index (χ3v) is 3.76. The fraction of sp³-hybridized carbons (Fsp3) is 0.333. The Morgan fingerprint density at radius 1 is 1.37 bits per heavy atom. The minimum Gasteiger partial charge on any atom is -0.383 e. The lowest BCUT2D eigenvalue weighted by Gasteiger charge is -2.15. The lowest BCUT2D eigenvalue weighted by Crippen LogP contribution is -2.19. The summed E-state index contributed by atoms with van der Waals surface area (Å²) in [5, 5.41) is 4.30. The molecule has 1 unspecified atom stereocenters. The van der Waals surface area contributed by atoms with Crippen LogP contribution in [0.3, 0.4) is 0 Å². The minimum atomic E-state index is -0.293. The van der Waals surface area contributed by atoms with Gasteiger partial charge in [0.2, 0.25) is 0 Å². The second-order valence-corrected chi connectivity index (χ2v) is 5.78. The second kappa shape index (κ2) is 6.60. The van der Waals surface area contributed by atoms with Gasteiger partial charge in [-0.2, -0.15) is 5.10 Å². The Morgan fingerprint density at radius 3 is 2.84 bits per heavy atom. The molecule has 0 aromatic carbocycles. The molecule has 0 spiro atoms. The van der Waals surface area contributed by atoms with Gasteiger partial charge in [-0.05, 0) is 43.5 Å². The van der Waals surface area contributed by atoms with Crippen LogP contribution in [0.1, 0.15) is 17.3 Å². The predicted molar refractivity (Wildman–Crippen MR) is 79.8 cm³/mol. The quantitative estimate of drug-likeness (QED) is 0.853. The van der Waals surface area contributed by atoms with E-state index in [4.69, 9.17) is 10.5 Å². The van der Waals surface area contributed by atoms with Crippen molar-refractivity contribution in [3.63, 3.8) is 0 Å². The molecule has 0 fully saturated rings. The van der Waals surface area contributed by atoms with E-state index < -0.39 is 0 Å². The average molecular weight is 390 g/mol. The van der Waals surface area contributed by atoms with E-state index in [0.717, 1.165) is 20.2 Å². The lowest BCUT2D eigenvalue weighted by atomic mass is 10.1. The molecule has 2 heterocycles. The van der Waals surface area contributed by atoms with Gasteiger partial charge in [-0.3, -0.25) is 9.67 Å². The number of hydrogen-bond donors (Lipinski definition) is 1. The summed E-state index contributed by atoms with van der Waals surface area (Å²) in [5.74, 6) is 0. The van der Waals surface area contributed by atoms with Gasteiger partial charge in [0.1, 0.15) is 0 Å². The van der Waals surface area contributed by atoms with Crippen molar-refractivity contribution in [2.75, 3.05) is 13.7 Å². The van der Waals surface area contributed by atoms with Crippen molar-refractivity contribution in [2.45, 2.75) is 12.6 Å². The number of pyridine rings is 1. The molecular weight excluding hydrogens is 376 g/mol. The van der Waals surface area contributed by atoms with Crippen molar-refractivity contribution in [3.8, 4) is 0 Å². The van der Waals surface area contributed by atoms with E-state index in [1.807, 2.05) is 10.7 Å². The predicted octanol–water partition coefficient (Wildman–Crippen LogP) is 2.50. The molecule has 0 bridgehead atoms. The van der Waals surface area contributed by atoms with Crippen molar-refractivity contribution in [1.29, 1.82) is 0 Å². The summed E-state index contributed by atoms with van der Waals surface area (Å²) >= 11 is 6.89. The van der Waals surface area contributed by atoms with Crippen LogP contribution in [0.15, 0.2) is 33.6 Å². The Bertz CT molecular complexity index is 558. The highest BCUT2D eigenvalue weighted by Gasteiger charge is 2.18. The molecule has 0 aliphatic heterocycles. The van der Waals surface area contributed by atoms with E-state index in [9.17, 15) is 0 Å². The Kier molecular flexibility index (Phi) is 5.09. The van der Waals surface area contributed by atoms with Crippen molar-refractivity contribution in [1.82, 2.24) is 14.8 Å². The van der Waals surface area contributed by atoms with Crippen LogP contribution >= 0.6 is 31.9 Å². The van der Waals surface area contributed by atoms with Gasteiger partial charge in [-0.25, -0.2) is 0 Å². The molecule has 0 saturated carbocycles. The smallest absolute Gasteiger partial charge is 0.0750 e. The Morgan fingerprint density at radius 2 is 2.16 bits per heavy atom. The zero-order valence-electron chi connectivity index (χ0n) is 10.4. The van der Waals surface area contributed by atoms with Crippen molar-refractivity contribution < 1.29 is 4.74 Å². The summed E-state index contributed by atoms with van der Waals surface area (Å²) in [5.41, 5.74) is 8.15. The zero-order chi connectivity index (χ0) is 13.8. The fourth-order valence-corrected chi connectivity index (χ4v) is 2.72. The Labute approximate surface area is 128 Å². The largest absolute Gasteiger partial charge is 0.383 e. The Balaban J connectivity index is 2.32. The molecule has 2 aromatic rings. The van der Waals surface area contributed by atoms with Gasteiger partial charge in [-0.15, -0.1) is 0 Å². The molecule has 1 atom stereocenters. The second-order valence-electron chi connectivity index (χ2n) is 4.01. The fourth-order valence-electron chi connectivity index (χ4n) is 1.79. The molecule has 7 heteroatoms. The number of ether oxygens (including phenoxy) is 1. The summed E-state index contributed by atoms with van der Waals surface area (Å²) in [6, 6.07) is 1.66. The summed E-state index contributed by atoms with van der Waals surface area (Å²) in [7, 11) is 1.66. The van der Waals surface area contributed by atoms with Gasteiger partial charge in [0.05, 0.1) is 35.6 Å².